The van der Waals surface area contributed by atoms with Crippen LogP contribution in [0.3, 0.4) is 0 Å². The average molecular weight is 542 g/mol. The van der Waals surface area contributed by atoms with Gasteiger partial charge in [-0.05, 0) is 29.7 Å². The van der Waals surface area contributed by atoms with Crippen LogP contribution in [0.2, 0.25) is 0 Å². The van der Waals surface area contributed by atoms with Gasteiger partial charge < -0.3 is 15.1 Å². The molecule has 4 amide bonds. The van der Waals surface area contributed by atoms with Gasteiger partial charge in [-0.3, -0.25) is 9.59 Å². The lowest BCUT2D eigenvalue weighted by molar-refractivity contribution is -0.188. The van der Waals surface area contributed by atoms with Crippen molar-refractivity contribution in [3.05, 3.63) is 70.2 Å². The van der Waals surface area contributed by atoms with E-state index in [2.05, 4.69) is 28.2 Å². The minimum atomic E-state index is -0.577. The van der Waals surface area contributed by atoms with Crippen LogP contribution < -0.4 is 5.32 Å². The second kappa shape index (κ2) is 11.2. The quantitative estimate of drug-likeness (QED) is 0.581. The molecule has 2 aliphatic rings. The van der Waals surface area contributed by atoms with E-state index in [1.807, 2.05) is 54.6 Å². The fraction of sp³-hybridized carbons (Fsp3) is 0.423. The summed E-state index contributed by atoms with van der Waals surface area (Å²) in [5, 5.41) is 6.25. The van der Waals surface area contributed by atoms with E-state index in [-0.39, 0.29) is 30.9 Å². The van der Waals surface area contributed by atoms with Gasteiger partial charge >= 0.3 is 6.03 Å². The Morgan fingerprint density at radius 1 is 1.09 bits per heavy atom. The molecule has 0 saturated carbocycles. The van der Waals surface area contributed by atoms with Crippen molar-refractivity contribution in [2.75, 3.05) is 20.1 Å². The molecule has 2 heterocycles. The molecule has 2 saturated heterocycles. The van der Waals surface area contributed by atoms with Crippen molar-refractivity contribution in [2.45, 2.75) is 51.5 Å². The Hall–Kier alpha value is -2.91. The molecule has 1 N–H and O–H groups in total. The Balaban J connectivity index is 1.60. The molecule has 0 aromatic heterocycles. The highest BCUT2D eigenvalue weighted by Crippen LogP contribution is 2.29. The molecule has 0 spiro atoms. The van der Waals surface area contributed by atoms with Gasteiger partial charge in [-0.2, -0.15) is 0 Å². The molecule has 0 aliphatic carbocycles. The Bertz CT molecular complexity index is 1070. The Morgan fingerprint density at radius 3 is 2.54 bits per heavy atom. The van der Waals surface area contributed by atoms with Gasteiger partial charge in [-0.15, -0.1) is 0 Å². The minimum absolute atomic E-state index is 0.0524. The summed E-state index contributed by atoms with van der Waals surface area (Å²) in [6, 6.07) is 16.7. The summed E-state index contributed by atoms with van der Waals surface area (Å²) < 4.78 is 0.943. The van der Waals surface area contributed by atoms with Crippen molar-refractivity contribution in [2.24, 2.45) is 0 Å². The number of amides is 4. The van der Waals surface area contributed by atoms with Gasteiger partial charge in [0.2, 0.25) is 11.8 Å². The number of carbonyl (C=O) groups excluding carboxylic acids is 3. The van der Waals surface area contributed by atoms with E-state index in [4.69, 9.17) is 0 Å². The molecule has 8 nitrogen and oxygen atoms in total. The van der Waals surface area contributed by atoms with Crippen LogP contribution in [0, 0.1) is 0 Å². The van der Waals surface area contributed by atoms with Gasteiger partial charge in [-0.1, -0.05) is 78.2 Å². The molecule has 2 aliphatic heterocycles. The Labute approximate surface area is 214 Å². The minimum Gasteiger partial charge on any atom is -0.333 e. The number of urea groups is 1. The third kappa shape index (κ3) is 5.67. The van der Waals surface area contributed by atoms with Crippen molar-refractivity contribution in [1.82, 2.24) is 25.1 Å². The van der Waals surface area contributed by atoms with Crippen LogP contribution in [0.5, 0.6) is 0 Å². The van der Waals surface area contributed by atoms with Gasteiger partial charge in [0, 0.05) is 24.6 Å². The second-order valence-corrected chi connectivity index (χ2v) is 10.0. The predicted molar refractivity (Wildman–Crippen MR) is 137 cm³/mol. The predicted octanol–water partition coefficient (Wildman–Crippen LogP) is 3.58. The Morgan fingerprint density at radius 2 is 1.83 bits per heavy atom. The first-order valence-corrected chi connectivity index (χ1v) is 12.8. The maximum atomic E-state index is 13.6. The van der Waals surface area contributed by atoms with E-state index < -0.39 is 12.2 Å². The molecule has 2 aromatic rings. The number of nitrogens with one attached hydrogen (secondary N) is 1. The Kier molecular flexibility index (Phi) is 8.07. The molecule has 2 aromatic carbocycles. The highest BCUT2D eigenvalue weighted by atomic mass is 79.9. The number of likely N-dealkylation sites (N-methyl/N-ethyl adjacent to an activating group) is 1. The van der Waals surface area contributed by atoms with E-state index in [1.165, 1.54) is 0 Å². The van der Waals surface area contributed by atoms with Crippen molar-refractivity contribution in [3.8, 4) is 0 Å². The fourth-order valence-electron chi connectivity index (χ4n) is 4.83. The van der Waals surface area contributed by atoms with E-state index in [0.29, 0.717) is 19.5 Å². The largest absolute Gasteiger partial charge is 0.334 e. The summed E-state index contributed by atoms with van der Waals surface area (Å²) >= 11 is 3.50. The SMILES string of the molecule is CCCC[C@H]1C(=O)N(Cc2cccc(Br)c2)C[C@H]2N1C(=O)CN(C)N2C(=O)NCc1ccccc1. The molecule has 35 heavy (non-hydrogen) atoms. The fourth-order valence-corrected chi connectivity index (χ4v) is 5.28. The summed E-state index contributed by atoms with van der Waals surface area (Å²) in [7, 11) is 1.74. The van der Waals surface area contributed by atoms with Crippen LogP contribution in [0.4, 0.5) is 4.79 Å². The molecule has 2 fully saturated rings. The number of hydrogen-bond donors (Lipinski definition) is 1. The molecule has 0 radical (unpaired) electrons. The van der Waals surface area contributed by atoms with Crippen LogP contribution in [-0.2, 0) is 22.7 Å². The molecule has 9 heteroatoms. The second-order valence-electron chi connectivity index (χ2n) is 9.09. The lowest BCUT2D eigenvalue weighted by Crippen LogP contribution is -2.75. The van der Waals surface area contributed by atoms with Gasteiger partial charge in [0.1, 0.15) is 12.2 Å². The topological polar surface area (TPSA) is 76.2 Å². The molecule has 0 bridgehead atoms. The summed E-state index contributed by atoms with van der Waals surface area (Å²) in [6.45, 7) is 3.17. The number of nitrogens with zero attached hydrogens (tertiary/aromatic N) is 4. The summed E-state index contributed by atoms with van der Waals surface area (Å²) in [5.41, 5.74) is 1.98. The first-order valence-electron chi connectivity index (χ1n) is 12.1. The smallest absolute Gasteiger partial charge is 0.333 e. The summed E-state index contributed by atoms with van der Waals surface area (Å²) in [4.78, 5) is 43.6. The normalized spacial score (nSPS) is 20.7. The molecular weight excluding hydrogens is 510 g/mol. The van der Waals surface area contributed by atoms with Crippen LogP contribution >= 0.6 is 15.9 Å². The number of rotatable bonds is 7. The summed E-state index contributed by atoms with van der Waals surface area (Å²) in [6.07, 6.45) is 1.76. The molecule has 186 valence electrons. The molecule has 0 unspecified atom stereocenters. The van der Waals surface area contributed by atoms with Crippen molar-refractivity contribution >= 4 is 33.8 Å². The first-order chi connectivity index (χ1) is 16.9. The standard InChI is InChI=1S/C26H32BrN5O3/c1-3-4-13-22-25(34)30(16-20-11-8-12-21(27)14-20)17-23-31(22)24(33)18-29(2)32(23)26(35)28-15-19-9-6-5-7-10-19/h5-12,14,22-23H,3-4,13,15-18H2,1-2H3,(H,28,35)/t22-,23-/m0/s1. The zero-order valence-electron chi connectivity index (χ0n) is 20.2. The third-order valence-corrected chi connectivity index (χ3v) is 7.02. The number of piperazine rings is 1. The number of benzene rings is 2. The van der Waals surface area contributed by atoms with Crippen molar-refractivity contribution < 1.29 is 14.4 Å². The van der Waals surface area contributed by atoms with E-state index >= 15 is 0 Å². The number of hydrazine groups is 1. The number of fused-ring (bicyclic) bond motifs is 1. The number of hydrogen-bond acceptors (Lipinski definition) is 4. The maximum absolute atomic E-state index is 13.6. The highest BCUT2D eigenvalue weighted by Gasteiger charge is 2.50. The average Bonchev–Trinajstić information content (AvgIpc) is 2.83. The van der Waals surface area contributed by atoms with Gasteiger partial charge in [0.25, 0.3) is 0 Å². The zero-order valence-corrected chi connectivity index (χ0v) is 21.8. The maximum Gasteiger partial charge on any atom is 0.334 e. The first kappa shape index (κ1) is 25.2. The zero-order chi connectivity index (χ0) is 24.9. The molecule has 4 rings (SSSR count). The van der Waals surface area contributed by atoms with Crippen molar-refractivity contribution in [3.63, 3.8) is 0 Å². The van der Waals surface area contributed by atoms with Crippen molar-refractivity contribution in [1.29, 1.82) is 0 Å². The van der Waals surface area contributed by atoms with Crippen LogP contribution in [0.25, 0.3) is 0 Å². The molecular formula is C26H32BrN5O3. The monoisotopic (exact) mass is 541 g/mol. The van der Waals surface area contributed by atoms with E-state index in [0.717, 1.165) is 28.4 Å². The van der Waals surface area contributed by atoms with E-state index in [1.54, 1.807) is 26.9 Å². The molecule has 2 atom stereocenters. The van der Waals surface area contributed by atoms with Gasteiger partial charge in [-0.25, -0.2) is 14.8 Å². The van der Waals surface area contributed by atoms with Crippen LogP contribution in [0.15, 0.2) is 59.1 Å². The number of halogens is 1. The van der Waals surface area contributed by atoms with Gasteiger partial charge in [0.05, 0.1) is 13.1 Å². The van der Waals surface area contributed by atoms with E-state index in [9.17, 15) is 14.4 Å². The van der Waals surface area contributed by atoms with Crippen LogP contribution in [-0.4, -0.2) is 70.0 Å². The number of unbranched alkanes of at least 4 members (excludes halogenated alkanes) is 1. The number of carbonyl (C=O) groups is 3. The lowest BCUT2D eigenvalue weighted by Gasteiger charge is -2.54. The highest BCUT2D eigenvalue weighted by molar-refractivity contribution is 9.10. The lowest BCUT2D eigenvalue weighted by atomic mass is 10.0. The summed E-state index contributed by atoms with van der Waals surface area (Å²) in [5.74, 6) is -0.182. The van der Waals surface area contributed by atoms with Gasteiger partial charge in [0.15, 0.2) is 0 Å². The third-order valence-electron chi connectivity index (χ3n) is 6.53. The van der Waals surface area contributed by atoms with Crippen LogP contribution in [0.1, 0.15) is 37.3 Å².